The van der Waals surface area contributed by atoms with Gasteiger partial charge in [0.25, 0.3) is 0 Å². The number of aliphatic hydroxyl groups excluding tert-OH is 2. The summed E-state index contributed by atoms with van der Waals surface area (Å²) in [5, 5.41) is 45.2. The number of carbonyl (C=O) groups excluding carboxylic acids is 1. The standard InChI is InChI=1S/C32H54O6/c1-19(33)38-24-12-15-29(6)22(28(24,4)5)11-16-30(7)23(29)17-20(34)25-26(21(35)18-31(25,30)8)32(9,37)14-10-13-27(2,3)36/h10,13,20-26,34-37H,11-12,14-18H2,1-9H3. The highest BCUT2D eigenvalue weighted by Crippen LogP contribution is 2.75. The van der Waals surface area contributed by atoms with Gasteiger partial charge < -0.3 is 25.2 Å². The fourth-order valence-corrected chi connectivity index (χ4v) is 10.7. The molecule has 4 rings (SSSR count). The molecule has 218 valence electrons. The minimum absolute atomic E-state index is 0.0108. The molecule has 6 heteroatoms. The van der Waals surface area contributed by atoms with E-state index in [1.807, 2.05) is 0 Å². The van der Waals surface area contributed by atoms with E-state index < -0.39 is 29.3 Å². The van der Waals surface area contributed by atoms with E-state index in [0.29, 0.717) is 25.2 Å². The van der Waals surface area contributed by atoms with Crippen LogP contribution >= 0.6 is 0 Å². The number of hydrogen-bond acceptors (Lipinski definition) is 6. The van der Waals surface area contributed by atoms with Crippen molar-refractivity contribution in [2.24, 2.45) is 45.3 Å². The van der Waals surface area contributed by atoms with Crippen LogP contribution in [0.2, 0.25) is 0 Å². The average Bonchev–Trinajstić information content (AvgIpc) is 3.04. The summed E-state index contributed by atoms with van der Waals surface area (Å²) in [6, 6.07) is 0. The van der Waals surface area contributed by atoms with Gasteiger partial charge in [-0.2, -0.15) is 0 Å². The molecule has 0 aromatic carbocycles. The second kappa shape index (κ2) is 9.29. The van der Waals surface area contributed by atoms with Crippen LogP contribution in [0.25, 0.3) is 0 Å². The molecular formula is C32H54O6. The highest BCUT2D eigenvalue weighted by Gasteiger charge is 2.73. The molecule has 11 unspecified atom stereocenters. The van der Waals surface area contributed by atoms with Gasteiger partial charge in [0.05, 0.1) is 23.4 Å². The second-order valence-electron chi connectivity index (χ2n) is 15.7. The molecular weight excluding hydrogens is 480 g/mol. The summed E-state index contributed by atoms with van der Waals surface area (Å²) in [7, 11) is 0. The van der Waals surface area contributed by atoms with Crippen molar-refractivity contribution in [3.8, 4) is 0 Å². The molecule has 0 bridgehead atoms. The predicted octanol–water partition coefficient (Wildman–Crippen LogP) is 5.01. The Kier molecular flexibility index (Phi) is 7.34. The van der Waals surface area contributed by atoms with Crippen LogP contribution < -0.4 is 0 Å². The Balaban J connectivity index is 1.68. The minimum atomic E-state index is -1.21. The summed E-state index contributed by atoms with van der Waals surface area (Å²) in [5.74, 6) is -0.237. The average molecular weight is 535 g/mol. The van der Waals surface area contributed by atoms with Crippen molar-refractivity contribution in [2.75, 3.05) is 0 Å². The third kappa shape index (κ3) is 4.50. The SMILES string of the molecule is CC(=O)OC1CCC2(C)C(CCC3(C)C2CC(O)C2C(C(C)(O)CC=CC(C)(C)O)C(O)CC23C)C1(C)C. The minimum Gasteiger partial charge on any atom is -0.462 e. The molecule has 0 aromatic rings. The number of fused-ring (bicyclic) bond motifs is 5. The summed E-state index contributed by atoms with van der Waals surface area (Å²) in [6.45, 7) is 18.2. The molecule has 4 aliphatic carbocycles. The van der Waals surface area contributed by atoms with Crippen molar-refractivity contribution in [3.05, 3.63) is 12.2 Å². The number of aliphatic hydroxyl groups is 4. The van der Waals surface area contributed by atoms with Gasteiger partial charge in [-0.25, -0.2) is 0 Å². The van der Waals surface area contributed by atoms with Crippen LogP contribution in [0.1, 0.15) is 107 Å². The lowest BCUT2D eigenvalue weighted by Crippen LogP contribution is -2.66. The fraction of sp³-hybridized carbons (Fsp3) is 0.906. The van der Waals surface area contributed by atoms with E-state index in [1.165, 1.54) is 6.92 Å². The Morgan fingerprint density at radius 1 is 0.947 bits per heavy atom. The molecule has 6 nitrogen and oxygen atoms in total. The van der Waals surface area contributed by atoms with E-state index in [2.05, 4.69) is 34.6 Å². The molecule has 0 saturated heterocycles. The summed E-state index contributed by atoms with van der Waals surface area (Å²) >= 11 is 0. The van der Waals surface area contributed by atoms with E-state index in [4.69, 9.17) is 4.74 Å². The van der Waals surface area contributed by atoms with Crippen LogP contribution in [-0.2, 0) is 9.53 Å². The molecule has 4 fully saturated rings. The molecule has 4 aliphatic rings. The topological polar surface area (TPSA) is 107 Å². The highest BCUT2D eigenvalue weighted by molar-refractivity contribution is 5.66. The number of carbonyl (C=O) groups is 1. The molecule has 4 N–H and O–H groups in total. The van der Waals surface area contributed by atoms with Crippen LogP contribution in [0.3, 0.4) is 0 Å². The first-order chi connectivity index (χ1) is 17.2. The second-order valence-corrected chi connectivity index (χ2v) is 15.7. The van der Waals surface area contributed by atoms with Gasteiger partial charge in [-0.15, -0.1) is 0 Å². The van der Waals surface area contributed by atoms with Gasteiger partial charge in [0.15, 0.2) is 0 Å². The third-order valence-corrected chi connectivity index (χ3v) is 12.4. The summed E-state index contributed by atoms with van der Waals surface area (Å²) < 4.78 is 5.82. The van der Waals surface area contributed by atoms with Crippen LogP contribution in [0, 0.1) is 45.3 Å². The molecule has 0 amide bonds. The molecule has 11 atom stereocenters. The molecule has 0 radical (unpaired) electrons. The fourth-order valence-electron chi connectivity index (χ4n) is 10.7. The Morgan fingerprint density at radius 3 is 2.16 bits per heavy atom. The number of hydrogen-bond donors (Lipinski definition) is 4. The Labute approximate surface area is 230 Å². The quantitative estimate of drug-likeness (QED) is 0.292. The molecule has 0 aromatic heterocycles. The van der Waals surface area contributed by atoms with E-state index in [-0.39, 0.29) is 45.6 Å². The third-order valence-electron chi connectivity index (χ3n) is 12.4. The number of rotatable bonds is 5. The lowest BCUT2D eigenvalue weighted by Gasteiger charge is -2.70. The van der Waals surface area contributed by atoms with Crippen LogP contribution in [-0.4, -0.2) is 55.9 Å². The van der Waals surface area contributed by atoms with Gasteiger partial charge in [-0.05, 0) is 99.7 Å². The number of esters is 1. The van der Waals surface area contributed by atoms with Gasteiger partial charge in [0, 0.05) is 18.3 Å². The van der Waals surface area contributed by atoms with Crippen molar-refractivity contribution in [2.45, 2.75) is 137 Å². The lowest BCUT2D eigenvalue weighted by molar-refractivity contribution is -0.248. The summed E-state index contributed by atoms with van der Waals surface area (Å²) in [5.41, 5.74) is -2.77. The van der Waals surface area contributed by atoms with Gasteiger partial charge in [0.2, 0.25) is 0 Å². The maximum Gasteiger partial charge on any atom is 0.302 e. The molecule has 0 heterocycles. The monoisotopic (exact) mass is 534 g/mol. The highest BCUT2D eigenvalue weighted by atomic mass is 16.5. The molecule has 4 saturated carbocycles. The molecule has 0 aliphatic heterocycles. The van der Waals surface area contributed by atoms with Gasteiger partial charge >= 0.3 is 5.97 Å². The van der Waals surface area contributed by atoms with E-state index in [9.17, 15) is 25.2 Å². The van der Waals surface area contributed by atoms with Crippen molar-refractivity contribution >= 4 is 5.97 Å². The summed E-state index contributed by atoms with van der Waals surface area (Å²) in [4.78, 5) is 11.9. The van der Waals surface area contributed by atoms with E-state index in [1.54, 1.807) is 32.9 Å². The van der Waals surface area contributed by atoms with Gasteiger partial charge in [-0.1, -0.05) is 46.8 Å². The first-order valence-electron chi connectivity index (χ1n) is 14.9. The number of ether oxygens (including phenoxy) is 1. The van der Waals surface area contributed by atoms with Crippen molar-refractivity contribution in [3.63, 3.8) is 0 Å². The van der Waals surface area contributed by atoms with E-state index >= 15 is 0 Å². The van der Waals surface area contributed by atoms with Crippen LogP contribution in [0.15, 0.2) is 12.2 Å². The molecule has 0 spiro atoms. The smallest absolute Gasteiger partial charge is 0.302 e. The molecule has 38 heavy (non-hydrogen) atoms. The first-order valence-corrected chi connectivity index (χ1v) is 14.9. The zero-order valence-corrected chi connectivity index (χ0v) is 25.3. The summed E-state index contributed by atoms with van der Waals surface area (Å²) in [6.07, 6.45) is 7.42. The van der Waals surface area contributed by atoms with E-state index in [0.717, 1.165) is 25.7 Å². The van der Waals surface area contributed by atoms with Crippen molar-refractivity contribution in [1.29, 1.82) is 0 Å². The van der Waals surface area contributed by atoms with Crippen molar-refractivity contribution < 1.29 is 30.0 Å². The normalized spacial score (nSPS) is 48.1. The Hall–Kier alpha value is -0.950. The Morgan fingerprint density at radius 2 is 1.58 bits per heavy atom. The maximum absolute atomic E-state index is 11.9. The van der Waals surface area contributed by atoms with Crippen LogP contribution in [0.4, 0.5) is 0 Å². The van der Waals surface area contributed by atoms with Crippen LogP contribution in [0.5, 0.6) is 0 Å². The lowest BCUT2D eigenvalue weighted by atomic mass is 9.35. The maximum atomic E-state index is 11.9. The Bertz CT molecular complexity index is 948. The van der Waals surface area contributed by atoms with Gasteiger partial charge in [0.1, 0.15) is 6.10 Å². The van der Waals surface area contributed by atoms with Gasteiger partial charge in [-0.3, -0.25) is 4.79 Å². The largest absolute Gasteiger partial charge is 0.462 e. The zero-order chi connectivity index (χ0) is 28.7. The first kappa shape index (κ1) is 30.0. The van der Waals surface area contributed by atoms with Crippen molar-refractivity contribution in [1.82, 2.24) is 0 Å². The zero-order valence-electron chi connectivity index (χ0n) is 25.3. The predicted molar refractivity (Wildman–Crippen MR) is 148 cm³/mol.